The van der Waals surface area contributed by atoms with Crippen LogP contribution >= 0.6 is 0 Å². The molecule has 1 aliphatic heterocycles. The summed E-state index contributed by atoms with van der Waals surface area (Å²) in [5.41, 5.74) is 1.30. The number of anilines is 2. The van der Waals surface area contributed by atoms with E-state index >= 15 is 0 Å². The van der Waals surface area contributed by atoms with Crippen LogP contribution in [0, 0.1) is 6.92 Å². The van der Waals surface area contributed by atoms with Gasteiger partial charge in [-0.1, -0.05) is 6.07 Å². The number of piperidine rings is 1. The van der Waals surface area contributed by atoms with Crippen molar-refractivity contribution in [2.24, 2.45) is 0 Å². The smallest absolute Gasteiger partial charge is 0.371 e. The Kier molecular flexibility index (Phi) is 10.5. The summed E-state index contributed by atoms with van der Waals surface area (Å²) in [5, 5.41) is 9.79. The molecule has 1 atom stereocenters. The van der Waals surface area contributed by atoms with Gasteiger partial charge in [0.15, 0.2) is 0 Å². The van der Waals surface area contributed by atoms with Crippen LogP contribution in [0.15, 0.2) is 54.9 Å². The van der Waals surface area contributed by atoms with Crippen molar-refractivity contribution in [3.05, 3.63) is 77.1 Å². The van der Waals surface area contributed by atoms with Crippen molar-refractivity contribution in [2.75, 3.05) is 30.4 Å². The van der Waals surface area contributed by atoms with Gasteiger partial charge in [0, 0.05) is 49.7 Å². The van der Waals surface area contributed by atoms with Gasteiger partial charge in [-0.05, 0) is 98.9 Å². The van der Waals surface area contributed by atoms with E-state index in [2.05, 4.69) is 20.6 Å². The van der Waals surface area contributed by atoms with Gasteiger partial charge >= 0.3 is 6.18 Å². The van der Waals surface area contributed by atoms with E-state index in [-0.39, 0.29) is 35.9 Å². The Balaban J connectivity index is 1.25. The second-order valence-corrected chi connectivity index (χ2v) is 12.6. The van der Waals surface area contributed by atoms with Crippen LogP contribution in [0.5, 0.6) is 0 Å². The van der Waals surface area contributed by atoms with E-state index in [1.54, 1.807) is 29.9 Å². The zero-order chi connectivity index (χ0) is 35.3. The third-order valence-corrected chi connectivity index (χ3v) is 9.69. The third kappa shape index (κ3) is 7.37. The second kappa shape index (κ2) is 14.6. The van der Waals surface area contributed by atoms with Gasteiger partial charge in [-0.15, -0.1) is 0 Å². The number of aryl methyl sites for hydroxylation is 1. The van der Waals surface area contributed by atoms with Crippen molar-refractivity contribution in [1.82, 2.24) is 20.0 Å². The zero-order valence-electron chi connectivity index (χ0n) is 27.3. The number of amides is 4. The Labute approximate surface area is 281 Å². The van der Waals surface area contributed by atoms with E-state index in [1.807, 2.05) is 12.3 Å². The summed E-state index contributed by atoms with van der Waals surface area (Å²) in [6.07, 6.45) is 3.72. The number of alkyl halides is 3. The van der Waals surface area contributed by atoms with Gasteiger partial charge in [0.2, 0.25) is 12.3 Å². The van der Waals surface area contributed by atoms with Crippen LogP contribution in [0.1, 0.15) is 77.9 Å². The molecule has 1 saturated heterocycles. The lowest BCUT2D eigenvalue weighted by atomic mass is 9.76. The molecule has 49 heavy (non-hydrogen) atoms. The van der Waals surface area contributed by atoms with Gasteiger partial charge in [0.1, 0.15) is 17.9 Å². The van der Waals surface area contributed by atoms with Gasteiger partial charge in [0.25, 0.3) is 11.8 Å². The lowest BCUT2D eigenvalue weighted by Gasteiger charge is -2.40. The lowest BCUT2D eigenvalue weighted by molar-refractivity contribution is -0.137. The summed E-state index contributed by atoms with van der Waals surface area (Å²) >= 11 is 0. The molecule has 260 valence electrons. The molecule has 14 heteroatoms. The highest BCUT2D eigenvalue weighted by Crippen LogP contribution is 2.41. The molecular formula is C35H39F3N6O5. The number of likely N-dealkylation sites (N-methyl/N-ethyl adjacent to an activating group) is 1. The molecule has 2 aliphatic rings. The fraction of sp³-hybridized carbons (Fsp3) is 0.429. The Hall–Kier alpha value is -5.01. The predicted octanol–water partition coefficient (Wildman–Crippen LogP) is 4.80. The maximum absolute atomic E-state index is 13.5. The number of hydrogen-bond acceptors (Lipinski definition) is 7. The first-order valence-electron chi connectivity index (χ1n) is 16.2. The number of halogens is 3. The quantitative estimate of drug-likeness (QED) is 0.263. The van der Waals surface area contributed by atoms with Gasteiger partial charge in [-0.2, -0.15) is 18.3 Å². The maximum Gasteiger partial charge on any atom is 0.416 e. The molecule has 4 amide bonds. The van der Waals surface area contributed by atoms with Crippen molar-refractivity contribution in [2.45, 2.75) is 75.5 Å². The third-order valence-electron chi connectivity index (χ3n) is 9.69. The molecule has 2 N–H and O–H groups in total. The highest BCUT2D eigenvalue weighted by molar-refractivity contribution is 6.04. The molecule has 11 nitrogen and oxygen atoms in total. The molecule has 2 heterocycles. The van der Waals surface area contributed by atoms with Crippen LogP contribution in [0.3, 0.4) is 0 Å². The maximum atomic E-state index is 13.5. The monoisotopic (exact) mass is 680 g/mol. The zero-order valence-corrected chi connectivity index (χ0v) is 27.3. The normalized spacial score (nSPS) is 16.6. The highest BCUT2D eigenvalue weighted by atomic mass is 19.4. The van der Waals surface area contributed by atoms with E-state index < -0.39 is 35.1 Å². The fourth-order valence-corrected chi connectivity index (χ4v) is 6.54. The second-order valence-electron chi connectivity index (χ2n) is 12.6. The minimum absolute atomic E-state index is 0.0134. The van der Waals surface area contributed by atoms with Gasteiger partial charge in [0.05, 0.1) is 11.8 Å². The van der Waals surface area contributed by atoms with Crippen LogP contribution < -0.4 is 15.5 Å². The van der Waals surface area contributed by atoms with Crippen LogP contribution in [0.25, 0.3) is 0 Å². The highest BCUT2D eigenvalue weighted by Gasteiger charge is 2.47. The van der Waals surface area contributed by atoms with Crippen molar-refractivity contribution in [1.29, 1.82) is 0 Å². The van der Waals surface area contributed by atoms with Gasteiger partial charge in [-0.3, -0.25) is 28.8 Å². The number of hydrogen-bond donors (Lipinski definition) is 2. The number of benzene rings is 2. The average molecular weight is 681 g/mol. The summed E-state index contributed by atoms with van der Waals surface area (Å²) in [6, 6.07) is 8.70. The number of carbonyl (C=O) groups excluding carboxylic acids is 5. The molecule has 0 spiro atoms. The Morgan fingerprint density at radius 3 is 2.35 bits per heavy atom. The van der Waals surface area contributed by atoms with E-state index in [4.69, 9.17) is 0 Å². The number of nitrogens with one attached hydrogen (secondary N) is 2. The summed E-state index contributed by atoms with van der Waals surface area (Å²) in [4.78, 5) is 65.4. The molecule has 2 aromatic carbocycles. The number of aromatic nitrogens is 2. The van der Waals surface area contributed by atoms with E-state index in [0.29, 0.717) is 44.2 Å². The Morgan fingerprint density at radius 2 is 1.78 bits per heavy atom. The minimum atomic E-state index is -4.46. The topological polar surface area (TPSA) is 134 Å². The molecule has 3 aromatic rings. The first kappa shape index (κ1) is 35.3. The van der Waals surface area contributed by atoms with E-state index in [9.17, 15) is 37.1 Å². The van der Waals surface area contributed by atoms with Crippen molar-refractivity contribution >= 4 is 41.8 Å². The average Bonchev–Trinajstić information content (AvgIpc) is 3.56. The minimum Gasteiger partial charge on any atom is -0.371 e. The molecule has 0 radical (unpaired) electrons. The molecular weight excluding hydrogens is 641 g/mol. The van der Waals surface area contributed by atoms with Crippen molar-refractivity contribution < 1.29 is 37.1 Å². The number of nitrogens with zero attached hydrogens (tertiary/aromatic N) is 4. The standard InChI is InChI=1S/C35H39F3N6O5/c1-23-6-11-28(19-29(23)32(48)43(22-46)30(5-3-18-45)31(47)39-2)42-16-12-24(13-17-42)25-20-40-44(21-25)34(14-4-15-34)33(49)41-27-9-7-26(8-10-27)35(36,37)38/h6-11,18-22,24,30H,3-5,12-17H2,1-2H3,(H,39,47)(H,41,49). The molecule has 5 rings (SSSR count). The van der Waals surface area contributed by atoms with Gasteiger partial charge in [-0.25, -0.2) is 0 Å². The summed E-state index contributed by atoms with van der Waals surface area (Å²) in [7, 11) is 1.40. The van der Waals surface area contributed by atoms with Crippen LogP contribution in [-0.2, 0) is 30.9 Å². The number of imide groups is 1. The first-order chi connectivity index (χ1) is 23.4. The predicted molar refractivity (Wildman–Crippen MR) is 175 cm³/mol. The Bertz CT molecular complexity index is 1690. The van der Waals surface area contributed by atoms with Crippen LogP contribution in [0.4, 0.5) is 24.5 Å². The van der Waals surface area contributed by atoms with E-state index in [0.717, 1.165) is 47.5 Å². The molecule has 1 saturated carbocycles. The van der Waals surface area contributed by atoms with E-state index in [1.165, 1.54) is 19.2 Å². The lowest BCUT2D eigenvalue weighted by Crippen LogP contribution is -2.51. The molecule has 0 bridgehead atoms. The molecule has 1 unspecified atom stereocenters. The van der Waals surface area contributed by atoms with Crippen molar-refractivity contribution in [3.63, 3.8) is 0 Å². The molecule has 1 aliphatic carbocycles. The Morgan fingerprint density at radius 1 is 1.08 bits per heavy atom. The number of aldehydes is 1. The fourth-order valence-electron chi connectivity index (χ4n) is 6.54. The van der Waals surface area contributed by atoms with Crippen molar-refractivity contribution in [3.8, 4) is 0 Å². The number of carbonyl (C=O) groups is 5. The SMILES string of the molecule is CNC(=O)C(CCC=O)N(C=O)C(=O)c1cc(N2CCC(c3cnn(C4(C(=O)Nc5ccc(C(F)(F)F)cc5)CCC4)c3)CC2)ccc1C. The molecule has 2 fully saturated rings. The summed E-state index contributed by atoms with van der Waals surface area (Å²) in [5.74, 6) is -1.30. The van der Waals surface area contributed by atoms with Crippen LogP contribution in [0.2, 0.25) is 0 Å². The molecule has 1 aromatic heterocycles. The largest absolute Gasteiger partial charge is 0.416 e. The van der Waals surface area contributed by atoms with Gasteiger partial charge < -0.3 is 20.3 Å². The summed E-state index contributed by atoms with van der Waals surface area (Å²) in [6.45, 7) is 3.09. The number of rotatable bonds is 12. The first-order valence-corrected chi connectivity index (χ1v) is 16.2. The van der Waals surface area contributed by atoms with Crippen LogP contribution in [-0.4, -0.2) is 71.3 Å². The summed E-state index contributed by atoms with van der Waals surface area (Å²) < 4.78 is 40.6.